The highest BCUT2D eigenvalue weighted by molar-refractivity contribution is 7.18. The van der Waals surface area contributed by atoms with Crippen LogP contribution >= 0.6 is 11.3 Å². The normalized spacial score (nSPS) is 21.3. The van der Waals surface area contributed by atoms with E-state index in [9.17, 15) is 4.79 Å². The quantitative estimate of drug-likeness (QED) is 0.754. The maximum atomic E-state index is 12.9. The van der Waals surface area contributed by atoms with E-state index in [1.165, 1.54) is 73.6 Å². The Kier molecular flexibility index (Phi) is 4.89. The lowest BCUT2D eigenvalue weighted by atomic mass is 9.97. The van der Waals surface area contributed by atoms with E-state index in [0.29, 0.717) is 12.3 Å². The number of carbonyl (C=O) groups is 1. The summed E-state index contributed by atoms with van der Waals surface area (Å²) in [4.78, 5) is 25.3. The molecule has 144 valence electrons. The zero-order valence-corrected chi connectivity index (χ0v) is 17.0. The number of aromatic nitrogens is 2. The van der Waals surface area contributed by atoms with Crippen molar-refractivity contribution in [3.8, 4) is 0 Å². The van der Waals surface area contributed by atoms with E-state index in [-0.39, 0.29) is 5.91 Å². The second-order valence-corrected chi connectivity index (χ2v) is 9.65. The highest BCUT2D eigenvalue weighted by atomic mass is 32.1. The van der Waals surface area contributed by atoms with E-state index in [1.807, 2.05) is 11.3 Å². The lowest BCUT2D eigenvalue weighted by Crippen LogP contribution is -2.28. The lowest BCUT2D eigenvalue weighted by molar-refractivity contribution is -0.119. The average molecular weight is 384 g/mol. The third-order valence-corrected chi connectivity index (χ3v) is 7.81. The van der Waals surface area contributed by atoms with Gasteiger partial charge in [0.2, 0.25) is 5.91 Å². The molecule has 0 unspecified atom stereocenters. The van der Waals surface area contributed by atoms with E-state index >= 15 is 0 Å². The maximum Gasteiger partial charge on any atom is 0.247 e. The molecule has 27 heavy (non-hydrogen) atoms. The number of hydrogen-bond donors (Lipinski definition) is 0. The third kappa shape index (κ3) is 3.39. The summed E-state index contributed by atoms with van der Waals surface area (Å²) in [6.07, 6.45) is 15.0. The zero-order valence-electron chi connectivity index (χ0n) is 16.1. The summed E-state index contributed by atoms with van der Waals surface area (Å²) in [7, 11) is 0. The first-order chi connectivity index (χ1) is 13.3. The van der Waals surface area contributed by atoms with Gasteiger partial charge in [0, 0.05) is 24.3 Å². The van der Waals surface area contributed by atoms with Crippen molar-refractivity contribution in [2.75, 3.05) is 0 Å². The van der Waals surface area contributed by atoms with Gasteiger partial charge in [0.1, 0.15) is 16.1 Å². The van der Waals surface area contributed by atoms with Gasteiger partial charge in [0.15, 0.2) is 0 Å². The largest absolute Gasteiger partial charge is 0.314 e. The van der Waals surface area contributed by atoms with Gasteiger partial charge in [-0.25, -0.2) is 4.98 Å². The van der Waals surface area contributed by atoms with Gasteiger partial charge in [-0.15, -0.1) is 11.3 Å². The summed E-state index contributed by atoms with van der Waals surface area (Å²) in [6, 6.07) is 0. The van der Waals surface area contributed by atoms with Crippen LogP contribution in [0.1, 0.15) is 80.5 Å². The number of carbonyl (C=O) groups excluding carboxylic acids is 1. The van der Waals surface area contributed by atoms with E-state index in [4.69, 9.17) is 9.98 Å². The molecule has 0 atom stereocenters. The van der Waals surface area contributed by atoms with Crippen LogP contribution in [0.2, 0.25) is 0 Å². The zero-order chi connectivity index (χ0) is 18.2. The lowest BCUT2D eigenvalue weighted by Gasteiger charge is -2.14. The highest BCUT2D eigenvalue weighted by Crippen LogP contribution is 2.34. The van der Waals surface area contributed by atoms with E-state index in [0.717, 1.165) is 41.9 Å². The van der Waals surface area contributed by atoms with Crippen LogP contribution < -0.4 is 5.49 Å². The Balaban J connectivity index is 1.67. The van der Waals surface area contributed by atoms with Gasteiger partial charge in [-0.1, -0.05) is 19.3 Å². The molecule has 0 saturated heterocycles. The molecule has 1 aliphatic heterocycles. The molecular formula is C22H29N3OS. The number of nitrogens with zero attached hydrogens (tertiary/aromatic N) is 3. The molecule has 0 radical (unpaired) electrons. The molecule has 2 aromatic rings. The van der Waals surface area contributed by atoms with Crippen molar-refractivity contribution in [3.63, 3.8) is 0 Å². The Morgan fingerprint density at radius 2 is 1.85 bits per heavy atom. The molecule has 1 amide bonds. The summed E-state index contributed by atoms with van der Waals surface area (Å²) < 4.78 is 2.30. The van der Waals surface area contributed by atoms with Crippen LogP contribution in [0.5, 0.6) is 0 Å². The van der Waals surface area contributed by atoms with Crippen molar-refractivity contribution in [2.45, 2.75) is 90.0 Å². The average Bonchev–Trinajstić information content (AvgIpc) is 3.23. The molecule has 4 nitrogen and oxygen atoms in total. The van der Waals surface area contributed by atoms with Gasteiger partial charge in [0.05, 0.1) is 5.39 Å². The predicted octanol–water partition coefficient (Wildman–Crippen LogP) is 4.71. The van der Waals surface area contributed by atoms with Gasteiger partial charge in [-0.05, 0) is 62.8 Å². The molecule has 0 bridgehead atoms. The fourth-order valence-corrected chi connectivity index (χ4v) is 6.47. The summed E-state index contributed by atoms with van der Waals surface area (Å²) in [5.41, 5.74) is 2.39. The molecule has 1 saturated carbocycles. The van der Waals surface area contributed by atoms with Crippen LogP contribution in [0.4, 0.5) is 0 Å². The smallest absolute Gasteiger partial charge is 0.247 e. The summed E-state index contributed by atoms with van der Waals surface area (Å²) in [6.45, 7) is 0.957. The van der Waals surface area contributed by atoms with Gasteiger partial charge >= 0.3 is 0 Å². The first-order valence-corrected chi connectivity index (χ1v) is 11.7. The molecule has 1 fully saturated rings. The maximum absolute atomic E-state index is 12.9. The Morgan fingerprint density at radius 1 is 1.04 bits per heavy atom. The minimum atomic E-state index is 0.0871. The number of hydrogen-bond acceptors (Lipinski definition) is 3. The summed E-state index contributed by atoms with van der Waals surface area (Å²) >= 11 is 1.86. The molecule has 0 aromatic carbocycles. The van der Waals surface area contributed by atoms with Crippen molar-refractivity contribution in [1.82, 2.24) is 9.55 Å². The fraction of sp³-hybridized carbons (Fsp3) is 0.682. The first kappa shape index (κ1) is 17.6. The third-order valence-electron chi connectivity index (χ3n) is 6.62. The molecule has 2 aromatic heterocycles. The number of rotatable bonds is 2. The first-order valence-electron chi connectivity index (χ1n) is 10.9. The molecule has 5 rings (SSSR count). The Hall–Kier alpha value is -1.49. The minimum absolute atomic E-state index is 0.0871. The van der Waals surface area contributed by atoms with Crippen LogP contribution in [0.15, 0.2) is 4.99 Å². The van der Waals surface area contributed by atoms with Crippen LogP contribution in [-0.4, -0.2) is 15.5 Å². The van der Waals surface area contributed by atoms with Crippen LogP contribution in [0.25, 0.3) is 10.2 Å². The topological polar surface area (TPSA) is 47.2 Å². The molecule has 0 N–H and O–H groups in total. The Labute approximate surface area is 164 Å². The Morgan fingerprint density at radius 3 is 2.74 bits per heavy atom. The minimum Gasteiger partial charge on any atom is -0.314 e. The number of amides is 1. The SMILES string of the molecule is O=C(CC1CCCC1)N=c1c2c3c(sc2nc2n1CCCCC2)CCCC3. The Bertz CT molecular complexity index is 933. The van der Waals surface area contributed by atoms with Gasteiger partial charge in [-0.3, -0.25) is 4.79 Å². The van der Waals surface area contributed by atoms with Crippen molar-refractivity contribution < 1.29 is 4.79 Å². The summed E-state index contributed by atoms with van der Waals surface area (Å²) in [5, 5.41) is 1.21. The predicted molar refractivity (Wildman–Crippen MR) is 109 cm³/mol. The molecule has 3 aliphatic rings. The fourth-order valence-electron chi connectivity index (χ4n) is 5.19. The van der Waals surface area contributed by atoms with Crippen LogP contribution in [0.3, 0.4) is 0 Å². The van der Waals surface area contributed by atoms with E-state index in [1.54, 1.807) is 0 Å². The molecular weight excluding hydrogens is 354 g/mol. The molecule has 5 heteroatoms. The van der Waals surface area contributed by atoms with Crippen molar-refractivity contribution in [2.24, 2.45) is 10.9 Å². The number of aryl methyl sites for hydroxylation is 3. The number of fused-ring (bicyclic) bond motifs is 4. The van der Waals surface area contributed by atoms with Crippen molar-refractivity contribution >= 4 is 27.5 Å². The second kappa shape index (κ2) is 7.50. The standard InChI is InChI=1S/C22H29N3OS/c26-19(14-15-8-3-4-9-15)24-21-20-16-10-5-6-11-17(16)27-22(20)23-18-12-2-1-7-13-25(18)21/h15H,1-14H2. The van der Waals surface area contributed by atoms with E-state index < -0.39 is 0 Å². The van der Waals surface area contributed by atoms with Crippen LogP contribution in [-0.2, 0) is 30.6 Å². The monoisotopic (exact) mass is 383 g/mol. The molecule has 3 heterocycles. The highest BCUT2D eigenvalue weighted by Gasteiger charge is 2.23. The number of thiophene rings is 1. The molecule has 2 aliphatic carbocycles. The molecule has 0 spiro atoms. The van der Waals surface area contributed by atoms with E-state index in [2.05, 4.69) is 4.57 Å². The van der Waals surface area contributed by atoms with Gasteiger partial charge in [0.25, 0.3) is 0 Å². The second-order valence-electron chi connectivity index (χ2n) is 8.57. The van der Waals surface area contributed by atoms with Gasteiger partial charge < -0.3 is 4.57 Å². The van der Waals surface area contributed by atoms with Crippen molar-refractivity contribution in [3.05, 3.63) is 21.8 Å². The van der Waals surface area contributed by atoms with Gasteiger partial charge in [-0.2, -0.15) is 4.99 Å². The summed E-state index contributed by atoms with van der Waals surface area (Å²) in [5.74, 6) is 1.79. The van der Waals surface area contributed by atoms with Crippen molar-refractivity contribution in [1.29, 1.82) is 0 Å². The van der Waals surface area contributed by atoms with Crippen LogP contribution in [0, 0.1) is 5.92 Å².